The normalized spacial score (nSPS) is 18.1. The molecule has 1 saturated heterocycles. The van der Waals surface area contributed by atoms with Gasteiger partial charge in [0.05, 0.1) is 11.6 Å². The number of hydrogen-bond acceptors (Lipinski definition) is 4. The Kier molecular flexibility index (Phi) is 5.84. The molecule has 2 aliphatic rings. The van der Waals surface area contributed by atoms with Crippen molar-refractivity contribution < 1.29 is 17.6 Å². The zero-order chi connectivity index (χ0) is 23.2. The molecule has 1 aliphatic carbocycles. The number of carbonyl (C=O) groups excluding carboxylic acids is 1. The maximum absolute atomic E-state index is 13.7. The Hall–Kier alpha value is -2.55. The number of ketones is 1. The van der Waals surface area contributed by atoms with Crippen molar-refractivity contribution in [1.82, 2.24) is 14.2 Å². The van der Waals surface area contributed by atoms with E-state index < -0.39 is 10.0 Å². The summed E-state index contributed by atoms with van der Waals surface area (Å²) < 4.78 is 42.2. The summed E-state index contributed by atoms with van der Waals surface area (Å²) in [6.07, 6.45) is 3.46. The summed E-state index contributed by atoms with van der Waals surface area (Å²) in [5.74, 6) is -0.149. The predicted octanol–water partition coefficient (Wildman–Crippen LogP) is 4.24. The number of sulfonamides is 1. The number of aryl methyl sites for hydroxylation is 2. The van der Waals surface area contributed by atoms with Crippen LogP contribution in [0.5, 0.6) is 0 Å². The lowest BCUT2D eigenvalue weighted by atomic mass is 9.94. The Morgan fingerprint density at radius 2 is 1.85 bits per heavy atom. The van der Waals surface area contributed by atoms with E-state index >= 15 is 0 Å². The standard InChI is InChI=1S/C25H28FN3O3S/c1-2-18-13-20-22(27-21-5-3-6-23(30)25(20)21)14-24(18)33(31,32)29-12-4-11-28(16-29)15-17-7-9-19(26)10-8-17/h7-10,13-14,27H,2-6,11-12,15-16H2,1H3. The Labute approximate surface area is 193 Å². The van der Waals surface area contributed by atoms with Gasteiger partial charge < -0.3 is 4.98 Å². The fraction of sp³-hybridized carbons (Fsp3) is 0.400. The number of aromatic nitrogens is 1. The second kappa shape index (κ2) is 8.66. The molecule has 1 aliphatic heterocycles. The van der Waals surface area contributed by atoms with E-state index in [-0.39, 0.29) is 11.6 Å². The highest BCUT2D eigenvalue weighted by Crippen LogP contribution is 2.34. The van der Waals surface area contributed by atoms with Crippen molar-refractivity contribution in [1.29, 1.82) is 0 Å². The topological polar surface area (TPSA) is 73.5 Å². The number of rotatable bonds is 5. The lowest BCUT2D eigenvalue weighted by Gasteiger charge is -2.35. The van der Waals surface area contributed by atoms with E-state index in [4.69, 9.17) is 0 Å². The van der Waals surface area contributed by atoms with Crippen molar-refractivity contribution in [3.05, 3.63) is 64.6 Å². The van der Waals surface area contributed by atoms with E-state index in [9.17, 15) is 17.6 Å². The summed E-state index contributed by atoms with van der Waals surface area (Å²) >= 11 is 0. The van der Waals surface area contributed by atoms with Gasteiger partial charge in [-0.2, -0.15) is 4.31 Å². The molecule has 6 nitrogen and oxygen atoms in total. The summed E-state index contributed by atoms with van der Waals surface area (Å²) in [5, 5.41) is 0.835. The maximum Gasteiger partial charge on any atom is 0.244 e. The highest BCUT2D eigenvalue weighted by atomic mass is 32.2. The third-order valence-corrected chi connectivity index (χ3v) is 8.64. The van der Waals surface area contributed by atoms with Gasteiger partial charge in [0, 0.05) is 48.2 Å². The Morgan fingerprint density at radius 1 is 1.06 bits per heavy atom. The molecule has 174 valence electrons. The van der Waals surface area contributed by atoms with Gasteiger partial charge in [-0.05, 0) is 61.1 Å². The number of halogens is 1. The number of fused-ring (bicyclic) bond motifs is 3. The van der Waals surface area contributed by atoms with Gasteiger partial charge in [-0.3, -0.25) is 9.69 Å². The molecule has 3 aromatic rings. The van der Waals surface area contributed by atoms with Crippen LogP contribution in [0.4, 0.5) is 4.39 Å². The minimum Gasteiger partial charge on any atom is -0.358 e. The van der Waals surface area contributed by atoms with Crippen molar-refractivity contribution in [2.45, 2.75) is 50.5 Å². The number of benzene rings is 2. The Bertz CT molecular complexity index is 1310. The van der Waals surface area contributed by atoms with E-state index in [0.29, 0.717) is 43.0 Å². The van der Waals surface area contributed by atoms with Crippen molar-refractivity contribution in [2.24, 2.45) is 0 Å². The summed E-state index contributed by atoms with van der Waals surface area (Å²) in [6, 6.07) is 9.93. The fourth-order valence-electron chi connectivity index (χ4n) is 5.04. The van der Waals surface area contributed by atoms with E-state index in [1.54, 1.807) is 18.2 Å². The number of Topliss-reactive ketones (excluding diaryl/α,β-unsaturated/α-hetero) is 1. The first-order valence-corrected chi connectivity index (χ1v) is 13.0. The van der Waals surface area contributed by atoms with Crippen LogP contribution in [0.1, 0.15) is 53.4 Å². The number of nitrogens with zero attached hydrogens (tertiary/aromatic N) is 2. The van der Waals surface area contributed by atoms with Gasteiger partial charge in [-0.25, -0.2) is 12.8 Å². The summed E-state index contributed by atoms with van der Waals surface area (Å²) in [6.45, 7) is 4.05. The molecule has 0 saturated carbocycles. The first kappa shape index (κ1) is 22.3. The Balaban J connectivity index is 1.46. The molecule has 33 heavy (non-hydrogen) atoms. The van der Waals surface area contributed by atoms with Crippen LogP contribution in [0, 0.1) is 5.82 Å². The quantitative estimate of drug-likeness (QED) is 0.607. The van der Waals surface area contributed by atoms with Gasteiger partial charge in [-0.1, -0.05) is 19.1 Å². The lowest BCUT2D eigenvalue weighted by Crippen LogP contribution is -2.47. The van der Waals surface area contributed by atoms with Crippen LogP contribution < -0.4 is 0 Å². The summed E-state index contributed by atoms with van der Waals surface area (Å²) in [4.78, 5) is 18.2. The monoisotopic (exact) mass is 469 g/mol. The third-order valence-electron chi connectivity index (χ3n) is 6.72. The number of H-pyrrole nitrogens is 1. The molecule has 1 fully saturated rings. The fourth-order valence-corrected chi connectivity index (χ4v) is 6.81. The van der Waals surface area contributed by atoms with E-state index in [2.05, 4.69) is 9.88 Å². The zero-order valence-electron chi connectivity index (χ0n) is 18.7. The van der Waals surface area contributed by atoms with Crippen LogP contribution in [0.3, 0.4) is 0 Å². The first-order valence-electron chi connectivity index (χ1n) is 11.5. The molecule has 0 atom stereocenters. The van der Waals surface area contributed by atoms with Crippen LogP contribution in [-0.4, -0.2) is 48.1 Å². The van der Waals surface area contributed by atoms with E-state index in [1.807, 2.05) is 13.0 Å². The summed E-state index contributed by atoms with van der Waals surface area (Å²) in [7, 11) is -3.72. The van der Waals surface area contributed by atoms with Gasteiger partial charge in [0.15, 0.2) is 5.78 Å². The molecule has 5 rings (SSSR count). The molecule has 0 amide bonds. The minimum absolute atomic E-state index is 0.132. The van der Waals surface area contributed by atoms with Crippen LogP contribution in [0.2, 0.25) is 0 Å². The van der Waals surface area contributed by atoms with Crippen LogP contribution in [0.25, 0.3) is 10.9 Å². The van der Waals surface area contributed by atoms with Crippen molar-refractivity contribution in [3.8, 4) is 0 Å². The smallest absolute Gasteiger partial charge is 0.244 e. The molecule has 0 unspecified atom stereocenters. The van der Waals surface area contributed by atoms with Gasteiger partial charge in [0.25, 0.3) is 0 Å². The average Bonchev–Trinajstić information content (AvgIpc) is 3.18. The molecule has 0 bridgehead atoms. The molecule has 1 aromatic heterocycles. The second-order valence-electron chi connectivity index (χ2n) is 8.97. The number of carbonyl (C=O) groups is 1. The third kappa shape index (κ3) is 4.11. The minimum atomic E-state index is -3.72. The number of aromatic amines is 1. The molecule has 8 heteroatoms. The molecule has 2 aromatic carbocycles. The van der Waals surface area contributed by atoms with Gasteiger partial charge in [-0.15, -0.1) is 0 Å². The molecule has 1 N–H and O–H groups in total. The highest BCUT2D eigenvalue weighted by molar-refractivity contribution is 7.89. The molecule has 0 radical (unpaired) electrons. The van der Waals surface area contributed by atoms with Crippen LogP contribution in [0.15, 0.2) is 41.3 Å². The number of hydrogen-bond donors (Lipinski definition) is 1. The van der Waals surface area contributed by atoms with Gasteiger partial charge in [0.2, 0.25) is 10.0 Å². The van der Waals surface area contributed by atoms with Crippen LogP contribution >= 0.6 is 0 Å². The van der Waals surface area contributed by atoms with Crippen molar-refractivity contribution in [3.63, 3.8) is 0 Å². The largest absolute Gasteiger partial charge is 0.358 e. The van der Waals surface area contributed by atoms with Gasteiger partial charge in [0.1, 0.15) is 5.82 Å². The molecule has 2 heterocycles. The van der Waals surface area contributed by atoms with E-state index in [1.165, 1.54) is 16.4 Å². The molecule has 0 spiro atoms. The highest BCUT2D eigenvalue weighted by Gasteiger charge is 2.32. The molecular weight excluding hydrogens is 441 g/mol. The van der Waals surface area contributed by atoms with E-state index in [0.717, 1.165) is 53.6 Å². The predicted molar refractivity (Wildman–Crippen MR) is 125 cm³/mol. The lowest BCUT2D eigenvalue weighted by molar-refractivity contribution is 0.0974. The van der Waals surface area contributed by atoms with Crippen molar-refractivity contribution >= 4 is 26.7 Å². The summed E-state index contributed by atoms with van der Waals surface area (Å²) in [5.41, 5.74) is 4.05. The zero-order valence-corrected chi connectivity index (χ0v) is 19.5. The first-order chi connectivity index (χ1) is 15.9. The Morgan fingerprint density at radius 3 is 2.61 bits per heavy atom. The van der Waals surface area contributed by atoms with Crippen molar-refractivity contribution in [2.75, 3.05) is 19.8 Å². The average molecular weight is 470 g/mol. The number of nitrogens with one attached hydrogen (secondary N) is 1. The molecular formula is C25H28FN3O3S. The second-order valence-corrected chi connectivity index (χ2v) is 10.9. The maximum atomic E-state index is 13.7. The van der Waals surface area contributed by atoms with Gasteiger partial charge >= 0.3 is 0 Å². The van der Waals surface area contributed by atoms with Crippen LogP contribution in [-0.2, 0) is 29.4 Å². The SMILES string of the molecule is CCc1cc2c3c([nH]c2cc1S(=O)(=O)N1CCCN(Cc2ccc(F)cc2)C1)CCCC3=O.